The Morgan fingerprint density at radius 2 is 2.08 bits per heavy atom. The Labute approximate surface area is 74.7 Å². The fraction of sp³-hybridized carbons (Fsp3) is 1.00. The molecule has 1 aliphatic carbocycles. The molecule has 1 saturated carbocycles. The van der Waals surface area contributed by atoms with E-state index in [0.29, 0.717) is 11.6 Å². The van der Waals surface area contributed by atoms with Crippen molar-refractivity contribution in [1.82, 2.24) is 5.32 Å². The van der Waals surface area contributed by atoms with Crippen LogP contribution in [0.25, 0.3) is 0 Å². The molecule has 2 rings (SSSR count). The second kappa shape index (κ2) is 3.35. The molecule has 0 spiro atoms. The van der Waals surface area contributed by atoms with Gasteiger partial charge in [0.1, 0.15) is 0 Å². The summed E-state index contributed by atoms with van der Waals surface area (Å²) in [6.07, 6.45) is 8.37. The van der Waals surface area contributed by atoms with Crippen LogP contribution in [0, 0.1) is 0 Å². The topological polar surface area (TPSA) is 21.3 Å². The molecule has 1 atom stereocenters. The van der Waals surface area contributed by atoms with E-state index < -0.39 is 0 Å². The summed E-state index contributed by atoms with van der Waals surface area (Å²) < 4.78 is 5.86. The van der Waals surface area contributed by atoms with Gasteiger partial charge in [-0.05, 0) is 32.7 Å². The van der Waals surface area contributed by atoms with Crippen LogP contribution in [0.1, 0.15) is 38.5 Å². The van der Waals surface area contributed by atoms with E-state index in [1.807, 2.05) is 0 Å². The predicted molar refractivity (Wildman–Crippen MR) is 49.2 cm³/mol. The second-order valence-electron chi connectivity index (χ2n) is 4.11. The minimum atomic E-state index is 0.379. The Kier molecular flexibility index (Phi) is 2.37. The quantitative estimate of drug-likeness (QED) is 0.679. The van der Waals surface area contributed by atoms with E-state index in [1.165, 1.54) is 38.5 Å². The molecule has 1 N–H and O–H groups in total. The highest BCUT2D eigenvalue weighted by Crippen LogP contribution is 2.42. The second-order valence-corrected chi connectivity index (χ2v) is 4.11. The molecule has 1 unspecified atom stereocenters. The number of hydrogen-bond donors (Lipinski definition) is 1. The Bertz CT molecular complexity index is 146. The number of nitrogens with one attached hydrogen (secondary N) is 1. The molecule has 0 aromatic rings. The predicted octanol–water partition coefficient (Wildman–Crippen LogP) is 1.70. The van der Waals surface area contributed by atoms with Gasteiger partial charge in [0, 0.05) is 12.1 Å². The summed E-state index contributed by atoms with van der Waals surface area (Å²) in [5.74, 6) is 0. The summed E-state index contributed by atoms with van der Waals surface area (Å²) in [5.41, 5.74) is 0.379. The maximum atomic E-state index is 5.86. The maximum absolute atomic E-state index is 5.86. The Hall–Kier alpha value is -0.0800. The zero-order chi connectivity index (χ0) is 8.44. The van der Waals surface area contributed by atoms with Gasteiger partial charge in [-0.3, -0.25) is 0 Å². The van der Waals surface area contributed by atoms with Crippen LogP contribution in [-0.2, 0) is 4.74 Å². The van der Waals surface area contributed by atoms with Gasteiger partial charge in [0.2, 0.25) is 0 Å². The smallest absolute Gasteiger partial charge is 0.0756 e. The van der Waals surface area contributed by atoms with Crippen molar-refractivity contribution < 1.29 is 4.74 Å². The van der Waals surface area contributed by atoms with Gasteiger partial charge < -0.3 is 10.1 Å². The highest BCUT2D eigenvalue weighted by molar-refractivity contribution is 5.07. The minimum absolute atomic E-state index is 0.379. The highest BCUT2D eigenvalue weighted by Gasteiger charge is 2.48. The van der Waals surface area contributed by atoms with E-state index in [0.717, 1.165) is 6.61 Å². The Morgan fingerprint density at radius 3 is 2.75 bits per heavy atom. The largest absolute Gasteiger partial charge is 0.376 e. The van der Waals surface area contributed by atoms with Crippen LogP contribution in [0.3, 0.4) is 0 Å². The third kappa shape index (κ3) is 1.50. The van der Waals surface area contributed by atoms with E-state index >= 15 is 0 Å². The lowest BCUT2D eigenvalue weighted by Gasteiger charge is -2.25. The van der Waals surface area contributed by atoms with Gasteiger partial charge >= 0.3 is 0 Å². The van der Waals surface area contributed by atoms with E-state index in [9.17, 15) is 0 Å². The summed E-state index contributed by atoms with van der Waals surface area (Å²) in [5, 5.41) is 3.42. The average molecular weight is 169 g/mol. The number of likely N-dealkylation sites (N-methyl/N-ethyl adjacent to an activating group) is 1. The van der Waals surface area contributed by atoms with Crippen molar-refractivity contribution in [2.75, 3.05) is 13.7 Å². The zero-order valence-electron chi connectivity index (χ0n) is 7.94. The third-order valence-electron chi connectivity index (χ3n) is 3.33. The van der Waals surface area contributed by atoms with Crippen LogP contribution < -0.4 is 5.32 Å². The van der Waals surface area contributed by atoms with E-state index in [1.54, 1.807) is 0 Å². The van der Waals surface area contributed by atoms with Crippen LogP contribution in [0.4, 0.5) is 0 Å². The fourth-order valence-electron chi connectivity index (χ4n) is 2.22. The molecular weight excluding hydrogens is 150 g/mol. The summed E-state index contributed by atoms with van der Waals surface area (Å²) >= 11 is 0. The van der Waals surface area contributed by atoms with Gasteiger partial charge in [-0.25, -0.2) is 0 Å². The molecule has 2 nitrogen and oxygen atoms in total. The van der Waals surface area contributed by atoms with Crippen molar-refractivity contribution in [3.05, 3.63) is 0 Å². The van der Waals surface area contributed by atoms with Crippen molar-refractivity contribution in [3.63, 3.8) is 0 Å². The molecular formula is C10H19NO. The van der Waals surface area contributed by atoms with Crippen LogP contribution >= 0.6 is 0 Å². The summed E-state index contributed by atoms with van der Waals surface area (Å²) in [6.45, 7) is 0.980. The summed E-state index contributed by atoms with van der Waals surface area (Å²) in [7, 11) is 2.07. The molecule has 2 fully saturated rings. The minimum Gasteiger partial charge on any atom is -0.376 e. The lowest BCUT2D eigenvalue weighted by Crippen LogP contribution is -2.41. The lowest BCUT2D eigenvalue weighted by atomic mass is 10.0. The summed E-state index contributed by atoms with van der Waals surface area (Å²) in [6, 6.07) is 0. The van der Waals surface area contributed by atoms with Crippen molar-refractivity contribution in [3.8, 4) is 0 Å². The van der Waals surface area contributed by atoms with Crippen LogP contribution in [0.5, 0.6) is 0 Å². The van der Waals surface area contributed by atoms with Gasteiger partial charge in [0.25, 0.3) is 0 Å². The first-order valence-corrected chi connectivity index (χ1v) is 5.18. The highest BCUT2D eigenvalue weighted by atomic mass is 16.5. The molecule has 0 bridgehead atoms. The molecule has 0 aromatic heterocycles. The average Bonchev–Trinajstić information content (AvgIpc) is 2.90. The van der Waals surface area contributed by atoms with E-state index in [2.05, 4.69) is 12.4 Å². The summed E-state index contributed by atoms with van der Waals surface area (Å²) in [4.78, 5) is 0. The van der Waals surface area contributed by atoms with Crippen molar-refractivity contribution in [1.29, 1.82) is 0 Å². The Morgan fingerprint density at radius 1 is 1.25 bits per heavy atom. The van der Waals surface area contributed by atoms with Gasteiger partial charge in [-0.15, -0.1) is 0 Å². The molecule has 12 heavy (non-hydrogen) atoms. The normalized spacial score (nSPS) is 34.2. The first-order valence-electron chi connectivity index (χ1n) is 5.18. The lowest BCUT2D eigenvalue weighted by molar-refractivity contribution is 0.0248. The van der Waals surface area contributed by atoms with Crippen LogP contribution in [0.15, 0.2) is 0 Å². The zero-order valence-corrected chi connectivity index (χ0v) is 7.94. The number of hydrogen-bond acceptors (Lipinski definition) is 2. The van der Waals surface area contributed by atoms with Crippen LogP contribution in [0.2, 0.25) is 0 Å². The van der Waals surface area contributed by atoms with Crippen LogP contribution in [-0.4, -0.2) is 25.3 Å². The first kappa shape index (κ1) is 8.52. The molecule has 0 radical (unpaired) electrons. The van der Waals surface area contributed by atoms with E-state index in [4.69, 9.17) is 4.74 Å². The van der Waals surface area contributed by atoms with Gasteiger partial charge in [0.15, 0.2) is 0 Å². The number of ether oxygens (including phenoxy) is 1. The molecule has 1 heterocycles. The van der Waals surface area contributed by atoms with Gasteiger partial charge in [0.05, 0.1) is 6.10 Å². The molecule has 1 saturated heterocycles. The van der Waals surface area contributed by atoms with Crippen molar-refractivity contribution in [2.45, 2.75) is 50.2 Å². The molecule has 0 aromatic carbocycles. The van der Waals surface area contributed by atoms with Crippen molar-refractivity contribution >= 4 is 0 Å². The molecule has 2 heteroatoms. The fourth-order valence-corrected chi connectivity index (χ4v) is 2.22. The molecule has 1 aliphatic heterocycles. The monoisotopic (exact) mass is 169 g/mol. The molecule has 0 amide bonds. The van der Waals surface area contributed by atoms with E-state index in [-0.39, 0.29) is 0 Å². The third-order valence-corrected chi connectivity index (χ3v) is 3.33. The van der Waals surface area contributed by atoms with Gasteiger partial charge in [-0.2, -0.15) is 0 Å². The SMILES string of the molecule is CNC1(C2CCCCCO2)CC1. The maximum Gasteiger partial charge on any atom is 0.0756 e. The standard InChI is InChI=1S/C10H19NO/c1-11-10(6-7-10)9-5-3-2-4-8-12-9/h9,11H,2-8H2,1H3. The molecule has 2 aliphatic rings. The first-order chi connectivity index (χ1) is 5.87. The Balaban J connectivity index is 1.92. The number of rotatable bonds is 2. The molecule has 70 valence electrons. The van der Waals surface area contributed by atoms with Crippen molar-refractivity contribution in [2.24, 2.45) is 0 Å². The van der Waals surface area contributed by atoms with Gasteiger partial charge in [-0.1, -0.05) is 12.8 Å².